The molecule has 1 amide bonds. The van der Waals surface area contributed by atoms with E-state index in [4.69, 9.17) is 0 Å². The van der Waals surface area contributed by atoms with Crippen LogP contribution >= 0.6 is 11.3 Å². The highest BCUT2D eigenvalue weighted by molar-refractivity contribution is 7.09. The number of thiazole rings is 1. The summed E-state index contributed by atoms with van der Waals surface area (Å²) < 4.78 is 1.82. The normalized spacial score (nSPS) is 10.6. The van der Waals surface area contributed by atoms with Crippen LogP contribution in [0.5, 0.6) is 0 Å². The molecule has 0 saturated heterocycles. The Balaban J connectivity index is 1.73. The van der Waals surface area contributed by atoms with Gasteiger partial charge in [-0.2, -0.15) is 0 Å². The molecule has 0 fully saturated rings. The molecule has 0 atom stereocenters. The number of nitrogens with one attached hydrogen (secondary N) is 1. The average Bonchev–Trinajstić information content (AvgIpc) is 2.93. The van der Waals surface area contributed by atoms with Gasteiger partial charge in [0.1, 0.15) is 5.69 Å². The molecule has 4 nitrogen and oxygen atoms in total. The maximum atomic E-state index is 11.8. The van der Waals surface area contributed by atoms with Crippen molar-refractivity contribution >= 4 is 17.2 Å². The smallest absolute Gasteiger partial charge is 0.267 e. The third-order valence-corrected chi connectivity index (χ3v) is 3.72. The van der Waals surface area contributed by atoms with Crippen LogP contribution in [0.3, 0.4) is 0 Å². The van der Waals surface area contributed by atoms with E-state index in [-0.39, 0.29) is 5.91 Å². The van der Waals surface area contributed by atoms with Gasteiger partial charge in [0.15, 0.2) is 0 Å². The summed E-state index contributed by atoms with van der Waals surface area (Å²) in [7, 11) is 1.87. The monoisotopic (exact) mass is 263 g/mol. The van der Waals surface area contributed by atoms with E-state index >= 15 is 0 Å². The molecule has 5 heteroatoms. The maximum Gasteiger partial charge on any atom is 0.267 e. The molecule has 0 aliphatic rings. The minimum Gasteiger partial charge on any atom is -0.351 e. The van der Waals surface area contributed by atoms with E-state index in [0.717, 1.165) is 23.5 Å². The largest absolute Gasteiger partial charge is 0.351 e. The topological polar surface area (TPSA) is 46.9 Å². The zero-order valence-electron chi connectivity index (χ0n) is 10.6. The van der Waals surface area contributed by atoms with Crippen molar-refractivity contribution in [1.29, 1.82) is 0 Å². The number of carbonyl (C=O) groups is 1. The van der Waals surface area contributed by atoms with Gasteiger partial charge in [0.05, 0.1) is 5.01 Å². The number of aryl methyl sites for hydroxylation is 3. The fourth-order valence-corrected chi connectivity index (χ4v) is 2.56. The zero-order chi connectivity index (χ0) is 13.0. The zero-order valence-corrected chi connectivity index (χ0v) is 11.5. The van der Waals surface area contributed by atoms with Gasteiger partial charge < -0.3 is 9.88 Å². The van der Waals surface area contributed by atoms with E-state index in [1.54, 1.807) is 11.3 Å². The lowest BCUT2D eigenvalue weighted by Crippen LogP contribution is -2.26. The predicted molar refractivity (Wildman–Crippen MR) is 72.9 cm³/mol. The van der Waals surface area contributed by atoms with Crippen molar-refractivity contribution in [3.8, 4) is 0 Å². The molecule has 96 valence electrons. The number of carbonyl (C=O) groups excluding carboxylic acids is 1. The van der Waals surface area contributed by atoms with Crippen molar-refractivity contribution in [3.63, 3.8) is 0 Å². The molecule has 0 radical (unpaired) electrons. The van der Waals surface area contributed by atoms with Crippen molar-refractivity contribution < 1.29 is 4.79 Å². The first-order chi connectivity index (χ1) is 8.66. The minimum atomic E-state index is -0.0159. The van der Waals surface area contributed by atoms with E-state index in [1.807, 2.05) is 36.9 Å². The van der Waals surface area contributed by atoms with Crippen molar-refractivity contribution in [3.05, 3.63) is 40.1 Å². The summed E-state index contributed by atoms with van der Waals surface area (Å²) in [5, 5.41) is 6.11. The maximum absolute atomic E-state index is 11.8. The Morgan fingerprint density at radius 3 is 3.00 bits per heavy atom. The van der Waals surface area contributed by atoms with Crippen LogP contribution in [0.4, 0.5) is 0 Å². The standard InChI is InChI=1S/C13H17N3OS/c1-10-9-18-12(15-10)6-3-7-14-13(17)11-5-4-8-16(11)2/h4-5,8-9H,3,6-7H2,1-2H3,(H,14,17). The molecule has 0 aromatic carbocycles. The number of hydrogen-bond donors (Lipinski definition) is 1. The molecule has 2 heterocycles. The lowest BCUT2D eigenvalue weighted by atomic mass is 10.3. The molecule has 0 bridgehead atoms. The van der Waals surface area contributed by atoms with Crippen LogP contribution in [-0.2, 0) is 13.5 Å². The molecule has 18 heavy (non-hydrogen) atoms. The van der Waals surface area contributed by atoms with E-state index in [1.165, 1.54) is 0 Å². The second-order valence-electron chi connectivity index (χ2n) is 4.25. The van der Waals surface area contributed by atoms with Crippen LogP contribution in [0.1, 0.15) is 27.6 Å². The lowest BCUT2D eigenvalue weighted by molar-refractivity contribution is 0.0945. The highest BCUT2D eigenvalue weighted by atomic mass is 32.1. The van der Waals surface area contributed by atoms with Gasteiger partial charge in [-0.05, 0) is 25.5 Å². The Morgan fingerprint density at radius 1 is 1.56 bits per heavy atom. The van der Waals surface area contributed by atoms with E-state index in [9.17, 15) is 4.79 Å². The molecular weight excluding hydrogens is 246 g/mol. The van der Waals surface area contributed by atoms with E-state index < -0.39 is 0 Å². The number of hydrogen-bond acceptors (Lipinski definition) is 3. The molecule has 0 spiro atoms. The van der Waals surface area contributed by atoms with Crippen LogP contribution in [0.2, 0.25) is 0 Å². The van der Waals surface area contributed by atoms with Crippen molar-refractivity contribution in [2.45, 2.75) is 19.8 Å². The molecular formula is C13H17N3OS. The third-order valence-electron chi connectivity index (χ3n) is 2.70. The second kappa shape index (κ2) is 5.82. The summed E-state index contributed by atoms with van der Waals surface area (Å²) in [6.45, 7) is 2.68. The first-order valence-corrected chi connectivity index (χ1v) is 6.85. The average molecular weight is 263 g/mol. The van der Waals surface area contributed by atoms with E-state index in [0.29, 0.717) is 12.2 Å². The number of aromatic nitrogens is 2. The summed E-state index contributed by atoms with van der Waals surface area (Å²) in [5.74, 6) is -0.0159. The highest BCUT2D eigenvalue weighted by Gasteiger charge is 2.07. The predicted octanol–water partition coefficient (Wildman–Crippen LogP) is 2.15. The Hall–Kier alpha value is -1.62. The summed E-state index contributed by atoms with van der Waals surface area (Å²) in [5.41, 5.74) is 1.77. The molecule has 0 aliphatic carbocycles. The van der Waals surface area contributed by atoms with Crippen molar-refractivity contribution in [1.82, 2.24) is 14.9 Å². The summed E-state index contributed by atoms with van der Waals surface area (Å²) in [4.78, 5) is 16.2. The van der Waals surface area contributed by atoms with Gasteiger partial charge in [-0.15, -0.1) is 11.3 Å². The molecule has 1 N–H and O–H groups in total. The first-order valence-electron chi connectivity index (χ1n) is 5.97. The molecule has 0 unspecified atom stereocenters. The summed E-state index contributed by atoms with van der Waals surface area (Å²) in [6.07, 6.45) is 3.71. The van der Waals surface area contributed by atoms with Crippen LogP contribution in [-0.4, -0.2) is 22.0 Å². The molecule has 0 saturated carbocycles. The van der Waals surface area contributed by atoms with Gasteiger partial charge in [-0.1, -0.05) is 0 Å². The number of rotatable bonds is 5. The van der Waals surface area contributed by atoms with Gasteiger partial charge >= 0.3 is 0 Å². The lowest BCUT2D eigenvalue weighted by Gasteiger charge is -2.05. The first kappa shape index (κ1) is 12.8. The van der Waals surface area contributed by atoms with E-state index in [2.05, 4.69) is 15.7 Å². The minimum absolute atomic E-state index is 0.0159. The Labute approximate surface area is 111 Å². The molecule has 0 aliphatic heterocycles. The number of amides is 1. The third kappa shape index (κ3) is 3.20. The SMILES string of the molecule is Cc1csc(CCCNC(=O)c2cccn2C)n1. The summed E-state index contributed by atoms with van der Waals surface area (Å²) >= 11 is 1.68. The Morgan fingerprint density at radius 2 is 2.39 bits per heavy atom. The van der Waals surface area contributed by atoms with Crippen molar-refractivity contribution in [2.24, 2.45) is 7.05 Å². The second-order valence-corrected chi connectivity index (χ2v) is 5.19. The molecule has 2 rings (SSSR count). The Bertz CT molecular complexity index is 530. The van der Waals surface area contributed by atoms with Gasteiger partial charge in [-0.3, -0.25) is 4.79 Å². The Kier molecular flexibility index (Phi) is 4.15. The molecule has 2 aromatic heterocycles. The van der Waals surface area contributed by atoms with Gasteiger partial charge in [0.25, 0.3) is 5.91 Å². The van der Waals surface area contributed by atoms with Gasteiger partial charge in [0.2, 0.25) is 0 Å². The van der Waals surface area contributed by atoms with Crippen LogP contribution in [0.25, 0.3) is 0 Å². The summed E-state index contributed by atoms with van der Waals surface area (Å²) in [6, 6.07) is 3.69. The highest BCUT2D eigenvalue weighted by Crippen LogP contribution is 2.10. The van der Waals surface area contributed by atoms with Crippen LogP contribution in [0.15, 0.2) is 23.7 Å². The number of nitrogens with zero attached hydrogens (tertiary/aromatic N) is 2. The van der Waals surface area contributed by atoms with Gasteiger partial charge in [-0.25, -0.2) is 4.98 Å². The van der Waals surface area contributed by atoms with Crippen molar-refractivity contribution in [2.75, 3.05) is 6.54 Å². The molecule has 2 aromatic rings. The van der Waals surface area contributed by atoms with Crippen LogP contribution in [0, 0.1) is 6.92 Å². The van der Waals surface area contributed by atoms with Gasteiger partial charge in [0, 0.05) is 37.3 Å². The quantitative estimate of drug-likeness (QED) is 0.840. The van der Waals surface area contributed by atoms with Crippen LogP contribution < -0.4 is 5.32 Å². The fourth-order valence-electron chi connectivity index (χ4n) is 1.75. The fraction of sp³-hybridized carbons (Fsp3) is 0.385.